The molecule has 2 aromatic carbocycles. The molecule has 0 unspecified atom stereocenters. The number of hydrogen-bond donors (Lipinski definition) is 5. The molecule has 0 spiro atoms. The van der Waals surface area contributed by atoms with Crippen molar-refractivity contribution in [3.63, 3.8) is 0 Å². The number of nitrogens with zero attached hydrogens (tertiary/aromatic N) is 1. The molecule has 3 amide bonds. The molecule has 0 bridgehead atoms. The highest BCUT2D eigenvalue weighted by Crippen LogP contribution is 2.17. The van der Waals surface area contributed by atoms with Crippen molar-refractivity contribution in [2.45, 2.75) is 32.3 Å². The van der Waals surface area contributed by atoms with E-state index in [0.29, 0.717) is 17.2 Å². The van der Waals surface area contributed by atoms with Gasteiger partial charge in [-0.1, -0.05) is 55.0 Å². The van der Waals surface area contributed by atoms with Crippen LogP contribution in [0.3, 0.4) is 0 Å². The number of para-hydroxylation sites is 1. The van der Waals surface area contributed by atoms with Crippen LogP contribution < -0.4 is 26.2 Å². The second-order valence-corrected chi connectivity index (χ2v) is 8.70. The molecule has 36 heavy (non-hydrogen) atoms. The zero-order valence-electron chi connectivity index (χ0n) is 19.6. The highest BCUT2D eigenvalue weighted by Gasteiger charge is 2.12. The summed E-state index contributed by atoms with van der Waals surface area (Å²) in [6, 6.07) is 18.5. The summed E-state index contributed by atoms with van der Waals surface area (Å²) >= 11 is 2.34. The molecule has 3 aromatic rings. The Morgan fingerprint density at radius 1 is 0.944 bits per heavy atom. The Hall–Kier alpha value is -3.45. The van der Waals surface area contributed by atoms with Gasteiger partial charge in [0, 0.05) is 36.2 Å². The van der Waals surface area contributed by atoms with Gasteiger partial charge in [-0.05, 0) is 30.5 Å². The van der Waals surface area contributed by atoms with Gasteiger partial charge >= 0.3 is 6.09 Å². The molecule has 0 atom stereocenters. The van der Waals surface area contributed by atoms with Crippen molar-refractivity contribution in [1.82, 2.24) is 9.71 Å². The molecule has 0 saturated heterocycles. The number of unbranched alkanes of at least 4 members (excludes halogenated alkanes) is 2. The number of carbonyl (C=O) groups is 3. The Balaban J connectivity index is 0.000000346. The zero-order valence-corrected chi connectivity index (χ0v) is 21.3. The van der Waals surface area contributed by atoms with E-state index in [-0.39, 0.29) is 24.1 Å². The number of nitrogens with one attached hydrogen (secondary N) is 3. The number of nitrogens with two attached hydrogens (primary N) is 2. The third kappa shape index (κ3) is 12.3. The quantitative estimate of drug-likeness (QED) is 0.171. The van der Waals surface area contributed by atoms with Crippen molar-refractivity contribution in [1.29, 1.82) is 0 Å². The maximum absolute atomic E-state index is 12.1. The van der Waals surface area contributed by atoms with Gasteiger partial charge in [0.1, 0.15) is 12.3 Å². The minimum atomic E-state index is -0.742. The molecule has 1 aromatic heterocycles. The highest BCUT2D eigenvalue weighted by molar-refractivity contribution is 7.95. The van der Waals surface area contributed by atoms with Crippen LogP contribution in [-0.4, -0.2) is 29.4 Å². The first-order valence-electron chi connectivity index (χ1n) is 11.1. The largest absolute Gasteiger partial charge is 0.445 e. The van der Waals surface area contributed by atoms with Gasteiger partial charge in [0.05, 0.1) is 0 Å². The monoisotopic (exact) mass is 530 g/mol. The van der Waals surface area contributed by atoms with E-state index in [0.717, 1.165) is 43.5 Å². The summed E-state index contributed by atoms with van der Waals surface area (Å²) in [6.45, 7) is 1.07. The van der Waals surface area contributed by atoms with Crippen molar-refractivity contribution in [3.05, 3.63) is 77.3 Å². The molecule has 7 N–H and O–H groups in total. The Morgan fingerprint density at radius 3 is 2.31 bits per heavy atom. The first-order valence-corrected chi connectivity index (χ1v) is 12.9. The number of aromatic nitrogens is 1. The molecule has 0 aliphatic heterocycles. The van der Waals surface area contributed by atoms with Crippen molar-refractivity contribution in [2.24, 2.45) is 10.9 Å². The number of benzene rings is 2. The van der Waals surface area contributed by atoms with Gasteiger partial charge in [0.15, 0.2) is 5.13 Å². The number of rotatable bonds is 12. The van der Waals surface area contributed by atoms with Crippen molar-refractivity contribution in [2.75, 3.05) is 17.2 Å². The van der Waals surface area contributed by atoms with E-state index in [4.69, 9.17) is 10.9 Å². The fourth-order valence-corrected chi connectivity index (χ4v) is 3.75. The van der Waals surface area contributed by atoms with Crippen molar-refractivity contribution in [3.8, 4) is 0 Å². The molecular weight excluding hydrogens is 500 g/mol. The maximum atomic E-state index is 12.1. The normalized spacial score (nSPS) is 10.0. The molecule has 0 fully saturated rings. The molecule has 1 heterocycles. The van der Waals surface area contributed by atoms with E-state index in [1.165, 1.54) is 11.3 Å². The molecule has 0 saturated carbocycles. The minimum Gasteiger partial charge on any atom is -0.445 e. The zero-order chi connectivity index (χ0) is 26.0. The van der Waals surface area contributed by atoms with Crippen LogP contribution in [0.15, 0.2) is 66.0 Å². The lowest BCUT2D eigenvalue weighted by atomic mass is 10.2. The molecule has 0 aliphatic rings. The standard InChI is InChI=1S/C16H21N5O2S2.C8H9NO2/c17-25-18-10-6-2-5-9-14(22)21-16-20-13(11-24-16)15(23)19-12-7-3-1-4-8-12;9-8(10)11-6-7-4-2-1-3-5-7/h1,3-4,7-8,11,18H,2,5-6,9-10,17H2,(H,19,23)(H,20,21,22);1-5H,6H2,(H2,9,10). The molecule has 0 radical (unpaired) electrons. The lowest BCUT2D eigenvalue weighted by Gasteiger charge is -2.03. The fourth-order valence-electron chi connectivity index (χ4n) is 2.78. The van der Waals surface area contributed by atoms with E-state index in [9.17, 15) is 14.4 Å². The first-order chi connectivity index (χ1) is 17.5. The van der Waals surface area contributed by atoms with Crippen molar-refractivity contribution >= 4 is 52.2 Å². The number of anilines is 2. The van der Waals surface area contributed by atoms with Crippen LogP contribution in [0.4, 0.5) is 15.6 Å². The fraction of sp³-hybridized carbons (Fsp3) is 0.250. The van der Waals surface area contributed by atoms with E-state index in [1.54, 1.807) is 17.5 Å². The summed E-state index contributed by atoms with van der Waals surface area (Å²) in [7, 11) is 0. The number of hydrogen-bond acceptors (Lipinski definition) is 9. The van der Waals surface area contributed by atoms with Gasteiger partial charge < -0.3 is 21.1 Å². The van der Waals surface area contributed by atoms with Gasteiger partial charge in [0.2, 0.25) is 5.91 Å². The van der Waals surface area contributed by atoms with E-state index < -0.39 is 6.09 Å². The summed E-state index contributed by atoms with van der Waals surface area (Å²) < 4.78 is 7.52. The van der Waals surface area contributed by atoms with Crippen molar-refractivity contribution < 1.29 is 19.1 Å². The van der Waals surface area contributed by atoms with Crippen LogP contribution in [-0.2, 0) is 16.1 Å². The van der Waals surface area contributed by atoms with Crippen LogP contribution in [0, 0.1) is 0 Å². The number of amides is 3. The van der Waals surface area contributed by atoms with Crippen LogP contribution in [0.25, 0.3) is 0 Å². The Kier molecular flexibility index (Phi) is 13.6. The van der Waals surface area contributed by atoms with E-state index in [2.05, 4.69) is 25.1 Å². The smallest absolute Gasteiger partial charge is 0.404 e. The maximum Gasteiger partial charge on any atom is 0.404 e. The van der Waals surface area contributed by atoms with Gasteiger partial charge in [0.25, 0.3) is 5.91 Å². The second kappa shape index (κ2) is 17.1. The molecule has 12 heteroatoms. The molecule has 3 rings (SSSR count). The summed E-state index contributed by atoms with van der Waals surface area (Å²) in [6.07, 6.45) is 2.41. The summed E-state index contributed by atoms with van der Waals surface area (Å²) in [5.41, 5.74) is 6.70. The highest BCUT2D eigenvalue weighted by atomic mass is 32.2. The Morgan fingerprint density at radius 2 is 1.64 bits per heavy atom. The Bertz CT molecular complexity index is 1070. The van der Waals surface area contributed by atoms with Gasteiger partial charge in [-0.3, -0.25) is 19.5 Å². The number of ether oxygens (including phenoxy) is 1. The number of carbonyl (C=O) groups excluding carboxylic acids is 3. The summed E-state index contributed by atoms with van der Waals surface area (Å²) in [5, 5.41) is 12.8. The van der Waals surface area contributed by atoms with Gasteiger partial charge in [-0.25, -0.2) is 9.78 Å². The molecule has 192 valence electrons. The summed E-state index contributed by atoms with van der Waals surface area (Å²) in [4.78, 5) is 38.3. The molecule has 0 aliphatic carbocycles. The SMILES string of the molecule is NC(=O)OCc1ccccc1.NSNCCCCCC(=O)Nc1nc(C(=O)Nc2ccccc2)cs1. The van der Waals surface area contributed by atoms with E-state index >= 15 is 0 Å². The third-order valence-corrected chi connectivity index (χ3v) is 5.63. The lowest BCUT2D eigenvalue weighted by Crippen LogP contribution is -2.14. The average Bonchev–Trinajstić information content (AvgIpc) is 3.35. The predicted octanol–water partition coefficient (Wildman–Crippen LogP) is 4.29. The van der Waals surface area contributed by atoms with Crippen LogP contribution in [0.1, 0.15) is 41.7 Å². The van der Waals surface area contributed by atoms with Gasteiger partial charge in [-0.2, -0.15) is 0 Å². The predicted molar refractivity (Wildman–Crippen MR) is 144 cm³/mol. The number of thiazole rings is 1. The Labute approximate surface area is 218 Å². The topological polar surface area (TPSA) is 161 Å². The van der Waals surface area contributed by atoms with Gasteiger partial charge in [-0.15, -0.1) is 11.3 Å². The third-order valence-electron chi connectivity index (χ3n) is 4.50. The minimum absolute atomic E-state index is 0.0921. The summed E-state index contributed by atoms with van der Waals surface area (Å²) in [5.74, 6) is -0.390. The van der Waals surface area contributed by atoms with E-state index in [1.807, 2.05) is 48.5 Å². The van der Waals surface area contributed by atoms with Crippen LogP contribution >= 0.6 is 23.5 Å². The number of primary amides is 1. The molecule has 10 nitrogen and oxygen atoms in total. The molecular formula is C24H30N6O4S2. The second-order valence-electron chi connectivity index (χ2n) is 7.32. The average molecular weight is 531 g/mol. The first kappa shape index (κ1) is 28.8. The lowest BCUT2D eigenvalue weighted by molar-refractivity contribution is -0.116. The van der Waals surface area contributed by atoms with Crippen LogP contribution in [0.2, 0.25) is 0 Å². The van der Waals surface area contributed by atoms with Crippen LogP contribution in [0.5, 0.6) is 0 Å².